The molecule has 2 amide bonds. The van der Waals surface area contributed by atoms with Crippen LogP contribution in [0.4, 0.5) is 5.69 Å². The van der Waals surface area contributed by atoms with Crippen LogP contribution in [0.2, 0.25) is 15.1 Å². The van der Waals surface area contributed by atoms with E-state index in [0.717, 1.165) is 0 Å². The molecule has 0 saturated heterocycles. The Kier molecular flexibility index (Phi) is 7.89. The summed E-state index contributed by atoms with van der Waals surface area (Å²) in [6, 6.07) is 18.1. The molecule has 0 radical (unpaired) electrons. The largest absolute Gasteiger partial charge is 0.483 e. The van der Waals surface area contributed by atoms with Gasteiger partial charge in [-0.1, -0.05) is 46.9 Å². The van der Waals surface area contributed by atoms with Crippen molar-refractivity contribution in [2.24, 2.45) is 5.10 Å². The standard InChI is InChI=1S/C22H16Cl3N3O3/c23-16-7-5-14(6-8-16)22(30)28-26-12-15-11-17(24)9-10-20(15)31-13-21(29)27-19-4-2-1-3-18(19)25/h1-12H,13H2,(H,27,29)(H,28,30)/b26-12+. The molecule has 2 N–H and O–H groups in total. The van der Waals surface area contributed by atoms with Crippen LogP contribution in [0.3, 0.4) is 0 Å². The monoisotopic (exact) mass is 475 g/mol. The molecule has 31 heavy (non-hydrogen) atoms. The van der Waals surface area contributed by atoms with Crippen LogP contribution in [0.1, 0.15) is 15.9 Å². The summed E-state index contributed by atoms with van der Waals surface area (Å²) in [5.74, 6) is -0.429. The highest BCUT2D eigenvalue weighted by molar-refractivity contribution is 6.33. The Morgan fingerprint density at radius 2 is 1.65 bits per heavy atom. The molecular formula is C22H16Cl3N3O3. The Balaban J connectivity index is 1.62. The van der Waals surface area contributed by atoms with E-state index in [4.69, 9.17) is 39.5 Å². The number of benzene rings is 3. The Morgan fingerprint density at radius 1 is 0.935 bits per heavy atom. The van der Waals surface area contributed by atoms with E-state index in [1.807, 2.05) is 0 Å². The van der Waals surface area contributed by atoms with Crippen molar-refractivity contribution in [2.75, 3.05) is 11.9 Å². The van der Waals surface area contributed by atoms with E-state index in [0.29, 0.717) is 37.6 Å². The maximum absolute atomic E-state index is 12.2. The molecule has 0 atom stereocenters. The first-order valence-corrected chi connectivity index (χ1v) is 10.1. The van der Waals surface area contributed by atoms with Crippen LogP contribution in [0, 0.1) is 0 Å². The first-order valence-electron chi connectivity index (χ1n) is 8.98. The number of hydrazone groups is 1. The zero-order valence-electron chi connectivity index (χ0n) is 15.9. The number of amides is 2. The zero-order valence-corrected chi connectivity index (χ0v) is 18.2. The highest BCUT2D eigenvalue weighted by Gasteiger charge is 2.09. The topological polar surface area (TPSA) is 79.8 Å². The number of anilines is 1. The van der Waals surface area contributed by atoms with Gasteiger partial charge in [-0.3, -0.25) is 9.59 Å². The first kappa shape index (κ1) is 22.6. The van der Waals surface area contributed by atoms with Crippen LogP contribution in [-0.4, -0.2) is 24.6 Å². The van der Waals surface area contributed by atoms with E-state index >= 15 is 0 Å². The minimum atomic E-state index is -0.406. The fourth-order valence-corrected chi connectivity index (χ4v) is 2.96. The number of halogens is 3. The van der Waals surface area contributed by atoms with Gasteiger partial charge in [-0.15, -0.1) is 0 Å². The van der Waals surface area contributed by atoms with Crippen molar-refractivity contribution in [1.29, 1.82) is 0 Å². The highest BCUT2D eigenvalue weighted by atomic mass is 35.5. The van der Waals surface area contributed by atoms with Crippen LogP contribution in [0.25, 0.3) is 0 Å². The molecule has 0 aromatic heterocycles. The highest BCUT2D eigenvalue weighted by Crippen LogP contribution is 2.23. The number of hydrogen-bond acceptors (Lipinski definition) is 4. The molecule has 3 rings (SSSR count). The third-order valence-electron chi connectivity index (χ3n) is 3.95. The predicted molar refractivity (Wildman–Crippen MR) is 124 cm³/mol. The van der Waals surface area contributed by atoms with Crippen molar-refractivity contribution < 1.29 is 14.3 Å². The molecule has 6 nitrogen and oxygen atoms in total. The summed E-state index contributed by atoms with van der Waals surface area (Å²) in [5.41, 5.74) is 3.78. The second-order valence-electron chi connectivity index (χ2n) is 6.20. The summed E-state index contributed by atoms with van der Waals surface area (Å²) in [6.07, 6.45) is 1.38. The number of rotatable bonds is 7. The van der Waals surface area contributed by atoms with Gasteiger partial charge >= 0.3 is 0 Å². The lowest BCUT2D eigenvalue weighted by Gasteiger charge is -2.11. The second kappa shape index (κ2) is 10.8. The van der Waals surface area contributed by atoms with E-state index in [1.54, 1.807) is 66.7 Å². The van der Waals surface area contributed by atoms with Crippen molar-refractivity contribution >= 4 is 58.5 Å². The molecular weight excluding hydrogens is 461 g/mol. The fourth-order valence-electron chi connectivity index (χ4n) is 2.47. The van der Waals surface area contributed by atoms with Gasteiger partial charge in [-0.25, -0.2) is 5.43 Å². The van der Waals surface area contributed by atoms with E-state index in [2.05, 4.69) is 15.8 Å². The number of carbonyl (C=O) groups is 2. The van der Waals surface area contributed by atoms with Gasteiger partial charge in [-0.2, -0.15) is 5.10 Å². The van der Waals surface area contributed by atoms with Gasteiger partial charge in [0, 0.05) is 21.2 Å². The van der Waals surface area contributed by atoms with E-state index in [9.17, 15) is 9.59 Å². The Labute approximate surface area is 193 Å². The molecule has 0 spiro atoms. The number of hydrogen-bond donors (Lipinski definition) is 2. The van der Waals surface area contributed by atoms with Gasteiger partial charge in [0.25, 0.3) is 11.8 Å². The van der Waals surface area contributed by atoms with Gasteiger partial charge in [0.15, 0.2) is 6.61 Å². The van der Waals surface area contributed by atoms with Gasteiger partial charge in [0.2, 0.25) is 0 Å². The average Bonchev–Trinajstić information content (AvgIpc) is 2.75. The van der Waals surface area contributed by atoms with Crippen molar-refractivity contribution in [1.82, 2.24) is 5.43 Å². The molecule has 0 bridgehead atoms. The molecule has 9 heteroatoms. The Hall–Kier alpha value is -3.06. The molecule has 0 heterocycles. The average molecular weight is 477 g/mol. The minimum absolute atomic E-state index is 0.259. The fraction of sp³-hybridized carbons (Fsp3) is 0.0455. The lowest BCUT2D eigenvalue weighted by molar-refractivity contribution is -0.118. The van der Waals surface area contributed by atoms with Gasteiger partial charge in [0.05, 0.1) is 16.9 Å². The van der Waals surface area contributed by atoms with Gasteiger partial charge < -0.3 is 10.1 Å². The van der Waals surface area contributed by atoms with E-state index < -0.39 is 5.91 Å². The molecule has 3 aromatic rings. The molecule has 0 unspecified atom stereocenters. The van der Waals surface area contributed by atoms with Crippen LogP contribution < -0.4 is 15.5 Å². The Morgan fingerprint density at radius 3 is 2.39 bits per heavy atom. The predicted octanol–water partition coefficient (Wildman–Crippen LogP) is 5.43. The summed E-state index contributed by atoms with van der Waals surface area (Å²) < 4.78 is 5.59. The molecule has 158 valence electrons. The van der Waals surface area contributed by atoms with Crippen LogP contribution in [0.5, 0.6) is 5.75 Å². The van der Waals surface area contributed by atoms with Crippen LogP contribution >= 0.6 is 34.8 Å². The lowest BCUT2D eigenvalue weighted by atomic mass is 10.2. The molecule has 3 aromatic carbocycles. The third-order valence-corrected chi connectivity index (χ3v) is 4.77. The molecule has 0 aliphatic carbocycles. The Bertz CT molecular complexity index is 1120. The smallest absolute Gasteiger partial charge is 0.271 e. The van der Waals surface area contributed by atoms with Gasteiger partial charge in [-0.05, 0) is 54.6 Å². The number of ether oxygens (including phenoxy) is 1. The first-order chi connectivity index (χ1) is 14.9. The van der Waals surface area contributed by atoms with Crippen molar-refractivity contribution in [2.45, 2.75) is 0 Å². The van der Waals surface area contributed by atoms with Crippen LogP contribution in [-0.2, 0) is 4.79 Å². The number of nitrogens with zero attached hydrogens (tertiary/aromatic N) is 1. The molecule has 0 saturated carbocycles. The maximum atomic E-state index is 12.2. The normalized spacial score (nSPS) is 10.7. The van der Waals surface area contributed by atoms with Gasteiger partial charge in [0.1, 0.15) is 5.75 Å². The third kappa shape index (κ3) is 6.72. The SMILES string of the molecule is O=C(COc1ccc(Cl)cc1/C=N/NC(=O)c1ccc(Cl)cc1)Nc1ccccc1Cl. The summed E-state index contributed by atoms with van der Waals surface area (Å²) in [5, 5.41) is 8.00. The maximum Gasteiger partial charge on any atom is 0.271 e. The van der Waals surface area contributed by atoms with Crippen molar-refractivity contribution in [3.8, 4) is 5.75 Å². The number of nitrogens with one attached hydrogen (secondary N) is 2. The quantitative estimate of drug-likeness (QED) is 0.352. The summed E-state index contributed by atoms with van der Waals surface area (Å²) in [6.45, 7) is -0.259. The zero-order chi connectivity index (χ0) is 22.2. The van der Waals surface area contributed by atoms with E-state index in [-0.39, 0.29) is 12.5 Å². The number of para-hydroxylation sites is 1. The summed E-state index contributed by atoms with van der Waals surface area (Å²) in [7, 11) is 0. The van der Waals surface area contributed by atoms with Crippen molar-refractivity contribution in [3.05, 3.63) is 92.9 Å². The molecule has 0 aliphatic heterocycles. The lowest BCUT2D eigenvalue weighted by Crippen LogP contribution is -2.21. The summed E-state index contributed by atoms with van der Waals surface area (Å²) in [4.78, 5) is 24.3. The molecule has 0 fully saturated rings. The molecule has 0 aliphatic rings. The summed E-state index contributed by atoms with van der Waals surface area (Å²) >= 11 is 17.9. The van der Waals surface area contributed by atoms with Crippen molar-refractivity contribution in [3.63, 3.8) is 0 Å². The minimum Gasteiger partial charge on any atom is -0.483 e. The van der Waals surface area contributed by atoms with E-state index in [1.165, 1.54) is 6.21 Å². The number of carbonyl (C=O) groups excluding carboxylic acids is 2. The second-order valence-corrected chi connectivity index (χ2v) is 7.48. The van der Waals surface area contributed by atoms with Crippen LogP contribution in [0.15, 0.2) is 71.8 Å².